The van der Waals surface area contributed by atoms with Crippen LogP contribution in [-0.2, 0) is 22.3 Å². The van der Waals surface area contributed by atoms with Crippen LogP contribution < -0.4 is 5.32 Å². The van der Waals surface area contributed by atoms with Gasteiger partial charge in [-0.25, -0.2) is 17.1 Å². The normalized spacial score (nSPS) is 15.4. The van der Waals surface area contributed by atoms with Gasteiger partial charge in [0.1, 0.15) is 5.82 Å². The zero-order chi connectivity index (χ0) is 19.3. The molecule has 0 unspecified atom stereocenters. The van der Waals surface area contributed by atoms with Crippen molar-refractivity contribution in [1.29, 1.82) is 0 Å². The van der Waals surface area contributed by atoms with Gasteiger partial charge in [0.25, 0.3) is 5.91 Å². The summed E-state index contributed by atoms with van der Waals surface area (Å²) >= 11 is 0. The fourth-order valence-electron chi connectivity index (χ4n) is 3.08. The predicted octanol–water partition coefficient (Wildman–Crippen LogP) is 3.07. The molecule has 1 N–H and O–H groups in total. The van der Waals surface area contributed by atoms with Crippen molar-refractivity contribution in [2.75, 3.05) is 13.1 Å². The Bertz CT molecular complexity index is 874. The van der Waals surface area contributed by atoms with E-state index in [1.807, 2.05) is 0 Å². The first-order valence-corrected chi connectivity index (χ1v) is 10.6. The van der Waals surface area contributed by atoms with Crippen LogP contribution in [0.25, 0.3) is 0 Å². The number of piperidine rings is 1. The summed E-state index contributed by atoms with van der Waals surface area (Å²) in [5.74, 6) is -0.630. The summed E-state index contributed by atoms with van der Waals surface area (Å²) in [7, 11) is -3.32. The third kappa shape index (κ3) is 5.37. The van der Waals surface area contributed by atoms with Crippen molar-refractivity contribution in [1.82, 2.24) is 9.62 Å². The van der Waals surface area contributed by atoms with Gasteiger partial charge in [-0.2, -0.15) is 0 Å². The van der Waals surface area contributed by atoms with E-state index in [1.165, 1.54) is 12.1 Å². The number of carbonyl (C=O) groups is 1. The van der Waals surface area contributed by atoms with E-state index in [0.717, 1.165) is 24.8 Å². The van der Waals surface area contributed by atoms with E-state index >= 15 is 0 Å². The van der Waals surface area contributed by atoms with Gasteiger partial charge < -0.3 is 5.32 Å². The number of nitrogens with zero attached hydrogens (tertiary/aromatic N) is 1. The van der Waals surface area contributed by atoms with Gasteiger partial charge in [0.15, 0.2) is 0 Å². The van der Waals surface area contributed by atoms with Crippen molar-refractivity contribution in [3.63, 3.8) is 0 Å². The van der Waals surface area contributed by atoms with Crippen LogP contribution in [0.3, 0.4) is 0 Å². The minimum atomic E-state index is -3.32. The predicted molar refractivity (Wildman–Crippen MR) is 102 cm³/mol. The van der Waals surface area contributed by atoms with Crippen molar-refractivity contribution < 1.29 is 17.6 Å². The van der Waals surface area contributed by atoms with Crippen molar-refractivity contribution in [3.8, 4) is 0 Å². The molecule has 7 heteroatoms. The number of hydrogen-bond donors (Lipinski definition) is 1. The maximum absolute atomic E-state index is 12.9. The number of sulfonamides is 1. The molecule has 5 nitrogen and oxygen atoms in total. The van der Waals surface area contributed by atoms with Crippen LogP contribution in [-0.4, -0.2) is 31.7 Å². The monoisotopic (exact) mass is 390 g/mol. The first-order chi connectivity index (χ1) is 12.9. The zero-order valence-electron chi connectivity index (χ0n) is 15.0. The number of benzene rings is 2. The van der Waals surface area contributed by atoms with Crippen molar-refractivity contribution >= 4 is 15.9 Å². The SMILES string of the molecule is O=C(NCc1ccc(F)cc1)c1ccc(CS(=O)(=O)N2CCCCC2)cc1. The van der Waals surface area contributed by atoms with Gasteiger partial charge in [-0.3, -0.25) is 4.79 Å². The topological polar surface area (TPSA) is 66.5 Å². The molecule has 2 aromatic rings. The number of rotatable bonds is 6. The van der Waals surface area contributed by atoms with Crippen LogP contribution >= 0.6 is 0 Å². The second-order valence-electron chi connectivity index (χ2n) is 6.72. The lowest BCUT2D eigenvalue weighted by molar-refractivity contribution is 0.0951. The van der Waals surface area contributed by atoms with E-state index in [1.54, 1.807) is 40.7 Å². The minimum Gasteiger partial charge on any atom is -0.348 e. The maximum Gasteiger partial charge on any atom is 0.251 e. The molecular weight excluding hydrogens is 367 g/mol. The number of halogens is 1. The quantitative estimate of drug-likeness (QED) is 0.824. The maximum atomic E-state index is 12.9. The Morgan fingerprint density at radius 1 is 0.926 bits per heavy atom. The second kappa shape index (κ2) is 8.63. The highest BCUT2D eigenvalue weighted by atomic mass is 32.2. The van der Waals surface area contributed by atoms with Gasteiger partial charge >= 0.3 is 0 Å². The fourth-order valence-corrected chi connectivity index (χ4v) is 4.69. The Labute approximate surface area is 159 Å². The van der Waals surface area contributed by atoms with Gasteiger partial charge in [-0.15, -0.1) is 0 Å². The van der Waals surface area contributed by atoms with Gasteiger partial charge in [-0.1, -0.05) is 30.7 Å². The summed E-state index contributed by atoms with van der Waals surface area (Å²) < 4.78 is 39.4. The Morgan fingerprint density at radius 3 is 2.15 bits per heavy atom. The van der Waals surface area contributed by atoms with Crippen LogP contribution in [0.4, 0.5) is 4.39 Å². The Hall–Kier alpha value is -2.25. The first kappa shape index (κ1) is 19.5. The summed E-state index contributed by atoms with van der Waals surface area (Å²) in [6, 6.07) is 12.5. The van der Waals surface area contributed by atoms with Gasteiger partial charge in [0.05, 0.1) is 5.75 Å². The third-order valence-corrected chi connectivity index (χ3v) is 6.49. The molecule has 1 aliphatic rings. The van der Waals surface area contributed by atoms with E-state index < -0.39 is 10.0 Å². The highest BCUT2D eigenvalue weighted by Crippen LogP contribution is 2.17. The van der Waals surface area contributed by atoms with E-state index in [2.05, 4.69) is 5.32 Å². The molecule has 0 radical (unpaired) electrons. The molecule has 0 spiro atoms. The molecule has 27 heavy (non-hydrogen) atoms. The summed E-state index contributed by atoms with van der Waals surface area (Å²) in [6.07, 6.45) is 2.90. The molecule has 1 saturated heterocycles. The highest BCUT2D eigenvalue weighted by molar-refractivity contribution is 7.88. The van der Waals surface area contributed by atoms with E-state index in [-0.39, 0.29) is 17.5 Å². The molecule has 0 aliphatic carbocycles. The lowest BCUT2D eigenvalue weighted by Gasteiger charge is -2.25. The lowest BCUT2D eigenvalue weighted by Crippen LogP contribution is -2.36. The van der Waals surface area contributed by atoms with Crippen LogP contribution in [0, 0.1) is 5.82 Å². The smallest absolute Gasteiger partial charge is 0.251 e. The van der Waals surface area contributed by atoms with Crippen molar-refractivity contribution in [2.45, 2.75) is 31.6 Å². The average molecular weight is 390 g/mol. The molecule has 0 saturated carbocycles. The zero-order valence-corrected chi connectivity index (χ0v) is 15.8. The molecule has 1 fully saturated rings. The molecule has 1 amide bonds. The first-order valence-electron chi connectivity index (χ1n) is 9.03. The van der Waals surface area contributed by atoms with Gasteiger partial charge in [0, 0.05) is 25.2 Å². The molecule has 1 heterocycles. The third-order valence-electron chi connectivity index (χ3n) is 4.64. The minimum absolute atomic E-state index is 0.0511. The Morgan fingerprint density at radius 2 is 1.52 bits per heavy atom. The van der Waals surface area contributed by atoms with E-state index in [0.29, 0.717) is 30.8 Å². The van der Waals surface area contributed by atoms with Gasteiger partial charge in [0.2, 0.25) is 10.0 Å². The summed E-state index contributed by atoms with van der Waals surface area (Å²) in [5.41, 5.74) is 1.92. The molecule has 144 valence electrons. The summed E-state index contributed by atoms with van der Waals surface area (Å²) in [4.78, 5) is 12.2. The van der Waals surface area contributed by atoms with Crippen LogP contribution in [0.15, 0.2) is 48.5 Å². The molecule has 1 aliphatic heterocycles. The number of nitrogens with one attached hydrogen (secondary N) is 1. The van der Waals surface area contributed by atoms with Crippen LogP contribution in [0.2, 0.25) is 0 Å². The number of carbonyl (C=O) groups excluding carboxylic acids is 1. The molecule has 0 bridgehead atoms. The number of hydrogen-bond acceptors (Lipinski definition) is 3. The Kier molecular flexibility index (Phi) is 6.23. The second-order valence-corrected chi connectivity index (χ2v) is 8.69. The van der Waals surface area contributed by atoms with E-state index in [4.69, 9.17) is 0 Å². The van der Waals surface area contributed by atoms with Gasteiger partial charge in [-0.05, 0) is 48.2 Å². The Balaban J connectivity index is 1.57. The van der Waals surface area contributed by atoms with Crippen LogP contribution in [0.1, 0.15) is 40.7 Å². The molecular formula is C20H23FN2O3S. The highest BCUT2D eigenvalue weighted by Gasteiger charge is 2.24. The number of amides is 1. The van der Waals surface area contributed by atoms with Crippen molar-refractivity contribution in [2.24, 2.45) is 0 Å². The molecule has 3 rings (SSSR count). The molecule has 0 atom stereocenters. The molecule has 2 aromatic carbocycles. The standard InChI is InChI=1S/C20H23FN2O3S/c21-19-10-6-16(7-11-19)14-22-20(24)18-8-4-17(5-9-18)15-27(25,26)23-12-2-1-3-13-23/h4-11H,1-3,12-15H2,(H,22,24). The molecule has 0 aromatic heterocycles. The fraction of sp³-hybridized carbons (Fsp3) is 0.350. The lowest BCUT2D eigenvalue weighted by atomic mass is 10.1. The average Bonchev–Trinajstić information content (AvgIpc) is 2.68. The summed E-state index contributed by atoms with van der Waals surface area (Å²) in [6.45, 7) is 1.47. The summed E-state index contributed by atoms with van der Waals surface area (Å²) in [5, 5.41) is 2.77. The van der Waals surface area contributed by atoms with E-state index in [9.17, 15) is 17.6 Å². The van der Waals surface area contributed by atoms with Crippen LogP contribution in [0.5, 0.6) is 0 Å². The largest absolute Gasteiger partial charge is 0.348 e. The van der Waals surface area contributed by atoms with Crippen molar-refractivity contribution in [3.05, 3.63) is 71.0 Å².